The van der Waals surface area contributed by atoms with Crippen LogP contribution in [0.4, 0.5) is 4.79 Å². The lowest BCUT2D eigenvalue weighted by molar-refractivity contribution is -0.187. The van der Waals surface area contributed by atoms with E-state index in [9.17, 15) is 14.4 Å². The molecule has 2 aromatic carbocycles. The minimum atomic E-state index is -0.579. The van der Waals surface area contributed by atoms with Gasteiger partial charge < -0.3 is 15.1 Å². The predicted molar refractivity (Wildman–Crippen MR) is 142 cm³/mol. The van der Waals surface area contributed by atoms with E-state index in [0.29, 0.717) is 19.5 Å². The molecule has 8 nitrogen and oxygen atoms in total. The molecule has 4 amide bonds. The molecule has 1 N–H and O–H groups in total. The van der Waals surface area contributed by atoms with Crippen LogP contribution in [-0.4, -0.2) is 88.6 Å². The molecule has 0 saturated carbocycles. The first-order chi connectivity index (χ1) is 17.4. The summed E-state index contributed by atoms with van der Waals surface area (Å²) in [6.45, 7) is 3.35. The van der Waals surface area contributed by atoms with Gasteiger partial charge in [0.2, 0.25) is 11.8 Å². The predicted octanol–water partition coefficient (Wildman–Crippen LogP) is 2.98. The van der Waals surface area contributed by atoms with E-state index in [0.717, 1.165) is 16.9 Å². The number of likely N-dealkylation sites (N-methyl/N-ethyl adjacent to an activating group) is 1. The third kappa shape index (κ3) is 5.68. The number of hydrogen-bond acceptors (Lipinski definition) is 5. The van der Waals surface area contributed by atoms with E-state index in [2.05, 4.69) is 24.4 Å². The van der Waals surface area contributed by atoms with Gasteiger partial charge in [-0.2, -0.15) is 11.8 Å². The number of amides is 4. The topological polar surface area (TPSA) is 76.2 Å². The SMILES string of the molecule is CSCC[C@H]1C(=O)N(CC(C)c2ccccc2)C[C@H]2N1C(=O)CN(C)N2C(=O)NCc1ccccc1. The summed E-state index contributed by atoms with van der Waals surface area (Å²) in [5, 5.41) is 6.28. The van der Waals surface area contributed by atoms with Crippen molar-refractivity contribution in [3.05, 3.63) is 71.8 Å². The summed E-state index contributed by atoms with van der Waals surface area (Å²) in [5.74, 6) is 0.723. The largest absolute Gasteiger partial charge is 0.336 e. The third-order valence-electron chi connectivity index (χ3n) is 6.89. The molecular weight excluding hydrogens is 474 g/mol. The van der Waals surface area contributed by atoms with E-state index in [1.807, 2.05) is 59.7 Å². The first kappa shape index (κ1) is 26.0. The van der Waals surface area contributed by atoms with E-state index >= 15 is 0 Å². The number of hydrazine groups is 1. The molecule has 192 valence electrons. The van der Waals surface area contributed by atoms with Crippen molar-refractivity contribution in [2.45, 2.75) is 38.0 Å². The fourth-order valence-electron chi connectivity index (χ4n) is 5.05. The molecule has 0 spiro atoms. The summed E-state index contributed by atoms with van der Waals surface area (Å²) in [7, 11) is 1.75. The van der Waals surface area contributed by atoms with Crippen molar-refractivity contribution in [1.82, 2.24) is 25.1 Å². The molecule has 4 rings (SSSR count). The van der Waals surface area contributed by atoms with E-state index < -0.39 is 12.2 Å². The first-order valence-corrected chi connectivity index (χ1v) is 13.8. The highest BCUT2D eigenvalue weighted by Gasteiger charge is 2.50. The molecule has 0 radical (unpaired) electrons. The Bertz CT molecular complexity index is 1050. The van der Waals surface area contributed by atoms with Crippen molar-refractivity contribution in [3.63, 3.8) is 0 Å². The van der Waals surface area contributed by atoms with Crippen LogP contribution in [0.25, 0.3) is 0 Å². The van der Waals surface area contributed by atoms with Gasteiger partial charge in [0.1, 0.15) is 12.2 Å². The fourth-order valence-corrected chi connectivity index (χ4v) is 5.51. The Kier molecular flexibility index (Phi) is 8.53. The highest BCUT2D eigenvalue weighted by atomic mass is 32.2. The van der Waals surface area contributed by atoms with Crippen molar-refractivity contribution in [2.75, 3.05) is 38.7 Å². The molecule has 0 bridgehead atoms. The van der Waals surface area contributed by atoms with E-state index in [1.165, 1.54) is 0 Å². The number of nitrogens with zero attached hydrogens (tertiary/aromatic N) is 4. The summed E-state index contributed by atoms with van der Waals surface area (Å²) in [6, 6.07) is 19.0. The number of benzene rings is 2. The van der Waals surface area contributed by atoms with Gasteiger partial charge in [-0.05, 0) is 35.5 Å². The fraction of sp³-hybridized carbons (Fsp3) is 0.444. The number of carbonyl (C=O) groups excluding carboxylic acids is 3. The van der Waals surface area contributed by atoms with Gasteiger partial charge in [0.25, 0.3) is 0 Å². The van der Waals surface area contributed by atoms with E-state index in [1.54, 1.807) is 33.7 Å². The molecule has 2 fully saturated rings. The Morgan fingerprint density at radius 3 is 2.42 bits per heavy atom. The van der Waals surface area contributed by atoms with Crippen molar-refractivity contribution in [3.8, 4) is 0 Å². The molecular formula is C27H35N5O3S. The van der Waals surface area contributed by atoms with Crippen LogP contribution in [-0.2, 0) is 16.1 Å². The summed E-state index contributed by atoms with van der Waals surface area (Å²) >= 11 is 1.65. The molecule has 1 unspecified atom stereocenters. The van der Waals surface area contributed by atoms with Crippen molar-refractivity contribution in [2.24, 2.45) is 0 Å². The lowest BCUT2D eigenvalue weighted by Gasteiger charge is -2.54. The number of thioether (sulfide) groups is 1. The monoisotopic (exact) mass is 509 g/mol. The van der Waals surface area contributed by atoms with Gasteiger partial charge in [-0.3, -0.25) is 9.59 Å². The first-order valence-electron chi connectivity index (χ1n) is 12.4. The molecule has 36 heavy (non-hydrogen) atoms. The molecule has 9 heteroatoms. The highest BCUT2D eigenvalue weighted by molar-refractivity contribution is 7.98. The molecule has 2 aliphatic heterocycles. The molecule has 2 heterocycles. The second-order valence-electron chi connectivity index (χ2n) is 9.44. The van der Waals surface area contributed by atoms with Crippen LogP contribution in [0.2, 0.25) is 0 Å². The number of nitrogens with one attached hydrogen (secondary N) is 1. The number of piperazine rings is 1. The smallest absolute Gasteiger partial charge is 0.334 e. The van der Waals surface area contributed by atoms with Crippen molar-refractivity contribution < 1.29 is 14.4 Å². The quantitative estimate of drug-likeness (QED) is 0.592. The van der Waals surface area contributed by atoms with Crippen LogP contribution in [0.1, 0.15) is 30.4 Å². The standard InChI is InChI=1S/C27H35N5O3S/c1-20(22-12-8-5-9-13-22)17-30-18-24-31(23(26(30)34)14-15-36-3)25(33)19-29(2)32(24)27(35)28-16-21-10-6-4-7-11-21/h4-13,20,23-24H,14-19H2,1-3H3,(H,28,35)/t20?,23-,24-/m0/s1. The Morgan fingerprint density at radius 1 is 1.08 bits per heavy atom. The average Bonchev–Trinajstić information content (AvgIpc) is 2.88. The summed E-state index contributed by atoms with van der Waals surface area (Å²) < 4.78 is 0. The van der Waals surface area contributed by atoms with Crippen LogP contribution in [0, 0.1) is 0 Å². The van der Waals surface area contributed by atoms with Crippen molar-refractivity contribution in [1.29, 1.82) is 0 Å². The maximum Gasteiger partial charge on any atom is 0.334 e. The normalized spacial score (nSPS) is 21.4. The van der Waals surface area contributed by atoms with Crippen molar-refractivity contribution >= 4 is 29.6 Å². The zero-order valence-electron chi connectivity index (χ0n) is 21.2. The number of carbonyl (C=O) groups is 3. The zero-order chi connectivity index (χ0) is 25.7. The molecule has 0 aromatic heterocycles. The maximum absolute atomic E-state index is 13.7. The van der Waals surface area contributed by atoms with Gasteiger partial charge in [-0.1, -0.05) is 67.6 Å². The van der Waals surface area contributed by atoms with Gasteiger partial charge in [-0.15, -0.1) is 0 Å². The van der Waals surface area contributed by atoms with Crippen LogP contribution >= 0.6 is 11.8 Å². The zero-order valence-corrected chi connectivity index (χ0v) is 22.0. The van der Waals surface area contributed by atoms with Gasteiger partial charge in [0.15, 0.2) is 0 Å². The number of fused-ring (bicyclic) bond motifs is 1. The molecule has 2 aromatic rings. The lowest BCUT2D eigenvalue weighted by Crippen LogP contribution is -2.76. The lowest BCUT2D eigenvalue weighted by atomic mass is 9.98. The van der Waals surface area contributed by atoms with Gasteiger partial charge in [0.05, 0.1) is 13.1 Å². The minimum Gasteiger partial charge on any atom is -0.336 e. The second kappa shape index (κ2) is 11.8. The van der Waals surface area contributed by atoms with E-state index in [4.69, 9.17) is 0 Å². The number of urea groups is 1. The minimum absolute atomic E-state index is 0.0365. The molecule has 3 atom stereocenters. The Balaban J connectivity index is 1.58. The third-order valence-corrected chi connectivity index (χ3v) is 7.54. The molecule has 2 saturated heterocycles. The average molecular weight is 510 g/mol. The molecule has 0 aliphatic carbocycles. The Labute approximate surface area is 217 Å². The van der Waals surface area contributed by atoms with Crippen LogP contribution < -0.4 is 5.32 Å². The van der Waals surface area contributed by atoms with Gasteiger partial charge in [-0.25, -0.2) is 14.8 Å². The van der Waals surface area contributed by atoms with Gasteiger partial charge >= 0.3 is 6.03 Å². The Hall–Kier alpha value is -3.04. The second-order valence-corrected chi connectivity index (χ2v) is 10.4. The van der Waals surface area contributed by atoms with Gasteiger partial charge in [0, 0.05) is 20.1 Å². The number of rotatable bonds is 8. The number of hydrogen-bond donors (Lipinski definition) is 1. The van der Waals surface area contributed by atoms with Crippen LogP contribution in [0.5, 0.6) is 0 Å². The van der Waals surface area contributed by atoms with E-state index in [-0.39, 0.29) is 36.9 Å². The highest BCUT2D eigenvalue weighted by Crippen LogP contribution is 2.29. The summed E-state index contributed by atoms with van der Waals surface area (Å²) in [6.07, 6.45) is 2.00. The Morgan fingerprint density at radius 2 is 1.75 bits per heavy atom. The summed E-state index contributed by atoms with van der Waals surface area (Å²) in [4.78, 5) is 43.8. The van der Waals surface area contributed by atoms with Crippen LogP contribution in [0.3, 0.4) is 0 Å². The van der Waals surface area contributed by atoms with Crippen LogP contribution in [0.15, 0.2) is 60.7 Å². The molecule has 2 aliphatic rings. The summed E-state index contributed by atoms with van der Waals surface area (Å²) in [5.41, 5.74) is 2.15. The maximum atomic E-state index is 13.7.